The van der Waals surface area contributed by atoms with Crippen molar-refractivity contribution in [3.8, 4) is 0 Å². The van der Waals surface area contributed by atoms with Gasteiger partial charge >= 0.3 is 0 Å². The van der Waals surface area contributed by atoms with Gasteiger partial charge in [0, 0.05) is 25.3 Å². The molecule has 3 rings (SSSR count). The molecular formula is C13H18Cl2FN3O. The average Bonchev–Trinajstić information content (AvgIpc) is 2.91. The number of carbonyl (C=O) groups excluding carboxylic acids is 1. The maximum Gasteiger partial charge on any atom is 0.255 e. The molecule has 1 saturated heterocycles. The van der Waals surface area contributed by atoms with Crippen LogP contribution in [0.4, 0.5) is 4.39 Å². The monoisotopic (exact) mass is 321 g/mol. The Balaban J connectivity index is 0.000001000. The Bertz CT molecular complexity index is 488. The van der Waals surface area contributed by atoms with Gasteiger partial charge in [0.15, 0.2) is 0 Å². The molecule has 112 valence electrons. The molecule has 3 atom stereocenters. The highest BCUT2D eigenvalue weighted by atomic mass is 35.5. The molecule has 0 spiro atoms. The van der Waals surface area contributed by atoms with Crippen molar-refractivity contribution in [3.63, 3.8) is 0 Å². The van der Waals surface area contributed by atoms with E-state index in [4.69, 9.17) is 5.73 Å². The Labute approximate surface area is 129 Å². The molecular weight excluding hydrogens is 304 g/mol. The molecule has 1 aliphatic carbocycles. The topological polar surface area (TPSA) is 59.2 Å². The molecule has 1 amide bonds. The third-order valence-corrected chi connectivity index (χ3v) is 4.15. The van der Waals surface area contributed by atoms with Crippen molar-refractivity contribution in [2.75, 3.05) is 13.1 Å². The number of hydrogen-bond donors (Lipinski definition) is 1. The quantitative estimate of drug-likeness (QED) is 0.859. The molecule has 7 heteroatoms. The zero-order chi connectivity index (χ0) is 12.7. The Kier molecular flexibility index (Phi) is 5.74. The Morgan fingerprint density at radius 2 is 2.05 bits per heavy atom. The SMILES string of the molecule is Cl.Cl.NC1CCC2CN(C(=O)c3cncc(F)c3)CC12. The molecule has 1 aromatic heterocycles. The number of fused-ring (bicyclic) bond motifs is 1. The number of pyridine rings is 1. The number of halogens is 3. The van der Waals surface area contributed by atoms with Crippen molar-refractivity contribution in [2.24, 2.45) is 17.6 Å². The van der Waals surface area contributed by atoms with Crippen molar-refractivity contribution in [3.05, 3.63) is 29.8 Å². The van der Waals surface area contributed by atoms with Crippen LogP contribution in [0.15, 0.2) is 18.5 Å². The number of hydrogen-bond acceptors (Lipinski definition) is 3. The fourth-order valence-corrected chi connectivity index (χ4v) is 3.18. The first kappa shape index (κ1) is 17.1. The van der Waals surface area contributed by atoms with Crippen LogP contribution >= 0.6 is 24.8 Å². The van der Waals surface area contributed by atoms with Crippen molar-refractivity contribution in [2.45, 2.75) is 18.9 Å². The molecule has 2 heterocycles. The number of carbonyl (C=O) groups is 1. The molecule has 2 fully saturated rings. The molecule has 2 aliphatic rings. The lowest BCUT2D eigenvalue weighted by Crippen LogP contribution is -2.33. The van der Waals surface area contributed by atoms with Crippen LogP contribution in [0.3, 0.4) is 0 Å². The van der Waals surface area contributed by atoms with Crippen LogP contribution < -0.4 is 5.73 Å². The second kappa shape index (κ2) is 6.70. The maximum absolute atomic E-state index is 13.1. The maximum atomic E-state index is 13.1. The molecule has 1 aliphatic heterocycles. The highest BCUT2D eigenvalue weighted by Gasteiger charge is 2.42. The number of likely N-dealkylation sites (tertiary alicyclic amines) is 1. The van der Waals surface area contributed by atoms with Crippen LogP contribution in [-0.2, 0) is 0 Å². The number of rotatable bonds is 1. The zero-order valence-corrected chi connectivity index (χ0v) is 12.5. The van der Waals surface area contributed by atoms with E-state index in [0.29, 0.717) is 23.9 Å². The third-order valence-electron chi connectivity index (χ3n) is 4.15. The summed E-state index contributed by atoms with van der Waals surface area (Å²) in [5.41, 5.74) is 6.36. The molecule has 0 aromatic carbocycles. The summed E-state index contributed by atoms with van der Waals surface area (Å²) in [6.45, 7) is 1.44. The highest BCUT2D eigenvalue weighted by Crippen LogP contribution is 2.37. The number of amides is 1. The minimum absolute atomic E-state index is 0. The van der Waals surface area contributed by atoms with E-state index in [1.807, 2.05) is 0 Å². The fourth-order valence-electron chi connectivity index (χ4n) is 3.18. The van der Waals surface area contributed by atoms with Gasteiger partial charge in [-0.25, -0.2) is 4.39 Å². The van der Waals surface area contributed by atoms with Crippen LogP contribution in [0, 0.1) is 17.7 Å². The van der Waals surface area contributed by atoms with E-state index in [9.17, 15) is 9.18 Å². The van der Waals surface area contributed by atoms with Crippen LogP contribution in [0.2, 0.25) is 0 Å². The summed E-state index contributed by atoms with van der Waals surface area (Å²) >= 11 is 0. The molecule has 1 saturated carbocycles. The number of nitrogens with zero attached hydrogens (tertiary/aromatic N) is 2. The molecule has 4 nitrogen and oxygen atoms in total. The molecule has 3 unspecified atom stereocenters. The normalized spacial score (nSPS) is 27.5. The van der Waals surface area contributed by atoms with Gasteiger partial charge in [-0.3, -0.25) is 9.78 Å². The lowest BCUT2D eigenvalue weighted by Gasteiger charge is -2.18. The Morgan fingerprint density at radius 1 is 1.30 bits per heavy atom. The van der Waals surface area contributed by atoms with E-state index < -0.39 is 5.82 Å². The second-order valence-corrected chi connectivity index (χ2v) is 5.27. The van der Waals surface area contributed by atoms with E-state index in [-0.39, 0.29) is 36.8 Å². The highest BCUT2D eigenvalue weighted by molar-refractivity contribution is 5.94. The van der Waals surface area contributed by atoms with Gasteiger partial charge in [-0.15, -0.1) is 24.8 Å². The van der Waals surface area contributed by atoms with Crippen molar-refractivity contribution in [1.82, 2.24) is 9.88 Å². The van der Waals surface area contributed by atoms with Gasteiger partial charge in [0.25, 0.3) is 5.91 Å². The summed E-state index contributed by atoms with van der Waals surface area (Å²) in [4.78, 5) is 17.7. The third kappa shape index (κ3) is 3.05. The summed E-state index contributed by atoms with van der Waals surface area (Å²) in [7, 11) is 0. The summed E-state index contributed by atoms with van der Waals surface area (Å²) in [5.74, 6) is 0.321. The summed E-state index contributed by atoms with van der Waals surface area (Å²) in [6, 6.07) is 1.45. The van der Waals surface area contributed by atoms with Gasteiger partial charge in [-0.05, 0) is 30.7 Å². The summed E-state index contributed by atoms with van der Waals surface area (Å²) in [6.07, 6.45) is 4.67. The minimum atomic E-state index is -0.475. The van der Waals surface area contributed by atoms with Gasteiger partial charge in [0.05, 0.1) is 11.8 Å². The van der Waals surface area contributed by atoms with Crippen LogP contribution in [-0.4, -0.2) is 34.9 Å². The zero-order valence-electron chi connectivity index (χ0n) is 10.9. The Morgan fingerprint density at radius 3 is 2.70 bits per heavy atom. The van der Waals surface area contributed by atoms with Gasteiger partial charge in [0.2, 0.25) is 0 Å². The van der Waals surface area contributed by atoms with Gasteiger partial charge in [-0.1, -0.05) is 0 Å². The lowest BCUT2D eigenvalue weighted by atomic mass is 9.98. The first-order valence-electron chi connectivity index (χ1n) is 6.30. The number of aromatic nitrogens is 1. The van der Waals surface area contributed by atoms with Gasteiger partial charge < -0.3 is 10.6 Å². The van der Waals surface area contributed by atoms with Crippen molar-refractivity contribution < 1.29 is 9.18 Å². The van der Waals surface area contributed by atoms with E-state index >= 15 is 0 Å². The summed E-state index contributed by atoms with van der Waals surface area (Å²) < 4.78 is 13.1. The van der Waals surface area contributed by atoms with Crippen LogP contribution in [0.25, 0.3) is 0 Å². The molecule has 1 aromatic rings. The predicted octanol–water partition coefficient (Wildman–Crippen LogP) is 1.87. The second-order valence-electron chi connectivity index (χ2n) is 5.27. The van der Waals surface area contributed by atoms with E-state index in [1.54, 1.807) is 4.90 Å². The summed E-state index contributed by atoms with van der Waals surface area (Å²) in [5, 5.41) is 0. The standard InChI is InChI=1S/C13H16FN3O.2ClH/c14-10-3-9(4-16-5-10)13(18)17-6-8-1-2-12(15)11(8)7-17;;/h3-5,8,11-12H,1-2,6-7,15H2;2*1H. The van der Waals surface area contributed by atoms with Gasteiger partial charge in [-0.2, -0.15) is 0 Å². The molecule has 20 heavy (non-hydrogen) atoms. The number of nitrogens with two attached hydrogens (primary N) is 1. The predicted molar refractivity (Wildman–Crippen MR) is 78.8 cm³/mol. The largest absolute Gasteiger partial charge is 0.338 e. The van der Waals surface area contributed by atoms with E-state index in [1.165, 1.54) is 12.3 Å². The smallest absolute Gasteiger partial charge is 0.255 e. The first-order valence-corrected chi connectivity index (χ1v) is 6.30. The average molecular weight is 322 g/mol. The minimum Gasteiger partial charge on any atom is -0.338 e. The molecule has 2 N–H and O–H groups in total. The molecule has 0 bridgehead atoms. The molecule has 0 radical (unpaired) electrons. The Hall–Kier alpha value is -0.910. The van der Waals surface area contributed by atoms with Crippen molar-refractivity contribution in [1.29, 1.82) is 0 Å². The first-order chi connectivity index (χ1) is 8.65. The van der Waals surface area contributed by atoms with Crippen molar-refractivity contribution >= 4 is 30.7 Å². The van der Waals surface area contributed by atoms with Crippen LogP contribution in [0.5, 0.6) is 0 Å². The fraction of sp³-hybridized carbons (Fsp3) is 0.538. The van der Waals surface area contributed by atoms with Crippen LogP contribution in [0.1, 0.15) is 23.2 Å². The van der Waals surface area contributed by atoms with E-state index in [2.05, 4.69) is 4.98 Å². The van der Waals surface area contributed by atoms with E-state index in [0.717, 1.165) is 25.6 Å². The lowest BCUT2D eigenvalue weighted by molar-refractivity contribution is 0.0778. The van der Waals surface area contributed by atoms with Gasteiger partial charge in [0.1, 0.15) is 5.82 Å².